The van der Waals surface area contributed by atoms with E-state index in [-0.39, 0.29) is 18.4 Å². The normalized spacial score (nSPS) is 11.9. The molecule has 6 heteroatoms. The number of aromatic nitrogens is 2. The van der Waals surface area contributed by atoms with Gasteiger partial charge in [0.2, 0.25) is 5.91 Å². The Labute approximate surface area is 193 Å². The summed E-state index contributed by atoms with van der Waals surface area (Å²) < 4.78 is 1.87. The number of amides is 2. The van der Waals surface area contributed by atoms with Crippen molar-refractivity contribution in [2.24, 2.45) is 0 Å². The smallest absolute Gasteiger partial charge is 0.252 e. The fraction of sp³-hybridized carbons (Fsp3) is 0.222. The molecule has 33 heavy (non-hydrogen) atoms. The van der Waals surface area contributed by atoms with Gasteiger partial charge in [-0.25, -0.2) is 4.98 Å². The Morgan fingerprint density at radius 3 is 2.33 bits per heavy atom. The maximum Gasteiger partial charge on any atom is 0.252 e. The van der Waals surface area contributed by atoms with Crippen molar-refractivity contribution in [2.45, 2.75) is 40.3 Å². The van der Waals surface area contributed by atoms with Crippen LogP contribution in [-0.4, -0.2) is 21.4 Å². The molecule has 4 rings (SSSR count). The number of hydrogen-bond donors (Lipinski definition) is 2. The van der Waals surface area contributed by atoms with Gasteiger partial charge in [-0.2, -0.15) is 0 Å². The number of nitrogens with one attached hydrogen (secondary N) is 2. The van der Waals surface area contributed by atoms with E-state index in [4.69, 9.17) is 4.98 Å². The van der Waals surface area contributed by atoms with Crippen LogP contribution < -0.4 is 10.6 Å². The lowest BCUT2D eigenvalue weighted by Crippen LogP contribution is -2.30. The lowest BCUT2D eigenvalue weighted by Gasteiger charge is -2.17. The minimum absolute atomic E-state index is 0.0907. The largest absolute Gasteiger partial charge is 0.342 e. The first-order chi connectivity index (χ1) is 15.8. The summed E-state index contributed by atoms with van der Waals surface area (Å²) in [5.41, 5.74) is 6.11. The maximum atomic E-state index is 13.0. The average molecular weight is 441 g/mol. The molecule has 0 radical (unpaired) electrons. The van der Waals surface area contributed by atoms with Gasteiger partial charge in [-0.15, -0.1) is 0 Å². The molecular formula is C27H28N4O2. The van der Waals surface area contributed by atoms with Crippen molar-refractivity contribution in [2.75, 3.05) is 5.32 Å². The van der Waals surface area contributed by atoms with Gasteiger partial charge in [0.05, 0.1) is 17.1 Å². The molecule has 0 saturated heterocycles. The third kappa shape index (κ3) is 4.95. The molecule has 1 unspecified atom stereocenters. The third-order valence-electron chi connectivity index (χ3n) is 5.62. The van der Waals surface area contributed by atoms with E-state index in [9.17, 15) is 9.59 Å². The summed E-state index contributed by atoms with van der Waals surface area (Å²) in [4.78, 5) is 30.6. The lowest BCUT2D eigenvalue weighted by atomic mass is 10.1. The maximum absolute atomic E-state index is 13.0. The monoisotopic (exact) mass is 440 g/mol. The zero-order valence-corrected chi connectivity index (χ0v) is 19.3. The Morgan fingerprint density at radius 2 is 1.61 bits per heavy atom. The second-order valence-corrected chi connectivity index (χ2v) is 8.48. The van der Waals surface area contributed by atoms with Crippen LogP contribution >= 0.6 is 0 Å². The van der Waals surface area contributed by atoms with E-state index in [0.29, 0.717) is 11.4 Å². The summed E-state index contributed by atoms with van der Waals surface area (Å²) >= 11 is 0. The van der Waals surface area contributed by atoms with Crippen molar-refractivity contribution in [3.63, 3.8) is 0 Å². The number of nitrogens with zero attached hydrogens (tertiary/aromatic N) is 2. The van der Waals surface area contributed by atoms with Crippen LogP contribution in [0.3, 0.4) is 0 Å². The molecule has 0 bridgehead atoms. The number of carbonyl (C=O) groups is 2. The van der Waals surface area contributed by atoms with Crippen LogP contribution in [-0.2, 0) is 11.3 Å². The van der Waals surface area contributed by atoms with Crippen LogP contribution in [0.4, 0.5) is 5.69 Å². The second kappa shape index (κ2) is 9.28. The highest BCUT2D eigenvalue weighted by Gasteiger charge is 2.21. The van der Waals surface area contributed by atoms with E-state index in [1.165, 1.54) is 0 Å². The molecule has 0 aliphatic rings. The molecular weight excluding hydrogens is 412 g/mol. The summed E-state index contributed by atoms with van der Waals surface area (Å²) in [6.45, 7) is 7.89. The molecule has 2 N–H and O–H groups in total. The fourth-order valence-corrected chi connectivity index (χ4v) is 4.15. The molecule has 3 aromatic carbocycles. The fourth-order valence-electron chi connectivity index (χ4n) is 4.15. The van der Waals surface area contributed by atoms with Gasteiger partial charge in [0.25, 0.3) is 5.91 Å². The molecule has 0 fully saturated rings. The lowest BCUT2D eigenvalue weighted by molar-refractivity contribution is -0.116. The standard InChI is InChI=1S/C27H28N4O2/c1-17-13-18(2)15-21(14-17)29-25(32)16-31-24-12-8-7-11-23(24)30-26(31)20(4)28-27(33)22-10-6-5-9-19(22)3/h5-15,20H,16H2,1-4H3,(H,28,33)(H,29,32). The summed E-state index contributed by atoms with van der Waals surface area (Å²) in [6.07, 6.45) is 0. The zero-order chi connectivity index (χ0) is 23.5. The minimum atomic E-state index is -0.390. The topological polar surface area (TPSA) is 76.0 Å². The number of anilines is 1. The number of rotatable bonds is 6. The predicted octanol–water partition coefficient (Wildman–Crippen LogP) is 5.09. The van der Waals surface area contributed by atoms with Crippen LogP contribution in [0.1, 0.15) is 45.8 Å². The molecule has 0 aliphatic carbocycles. The molecule has 1 heterocycles. The van der Waals surface area contributed by atoms with Crippen molar-refractivity contribution < 1.29 is 9.59 Å². The summed E-state index contributed by atoms with van der Waals surface area (Å²) in [7, 11) is 0. The molecule has 1 aromatic heterocycles. The second-order valence-electron chi connectivity index (χ2n) is 8.48. The third-order valence-corrected chi connectivity index (χ3v) is 5.62. The van der Waals surface area contributed by atoms with Crippen LogP contribution in [0.2, 0.25) is 0 Å². The van der Waals surface area contributed by atoms with E-state index < -0.39 is 6.04 Å². The van der Waals surface area contributed by atoms with Crippen molar-refractivity contribution in [1.82, 2.24) is 14.9 Å². The Morgan fingerprint density at radius 1 is 0.939 bits per heavy atom. The van der Waals surface area contributed by atoms with Gasteiger partial charge in [0.15, 0.2) is 0 Å². The number of aryl methyl sites for hydroxylation is 3. The molecule has 0 spiro atoms. The van der Waals surface area contributed by atoms with Crippen molar-refractivity contribution in [1.29, 1.82) is 0 Å². The van der Waals surface area contributed by atoms with E-state index in [1.54, 1.807) is 6.07 Å². The minimum Gasteiger partial charge on any atom is -0.342 e. The van der Waals surface area contributed by atoms with E-state index >= 15 is 0 Å². The number of fused-ring (bicyclic) bond motifs is 1. The van der Waals surface area contributed by atoms with Gasteiger partial charge < -0.3 is 15.2 Å². The van der Waals surface area contributed by atoms with E-state index in [0.717, 1.165) is 33.4 Å². The molecule has 6 nitrogen and oxygen atoms in total. The molecule has 4 aromatic rings. The number of imidazole rings is 1. The Kier molecular flexibility index (Phi) is 6.27. The molecule has 168 valence electrons. The van der Waals surface area contributed by atoms with Gasteiger partial charge in [-0.05, 0) is 74.7 Å². The number of carbonyl (C=O) groups excluding carboxylic acids is 2. The molecule has 0 saturated carbocycles. The van der Waals surface area contributed by atoms with Crippen molar-refractivity contribution in [3.05, 3.63) is 94.8 Å². The van der Waals surface area contributed by atoms with Crippen LogP contribution in [0.5, 0.6) is 0 Å². The van der Waals surface area contributed by atoms with Crippen LogP contribution in [0.15, 0.2) is 66.7 Å². The number of benzene rings is 3. The van der Waals surface area contributed by atoms with E-state index in [2.05, 4.69) is 16.7 Å². The molecule has 2 amide bonds. The summed E-state index contributed by atoms with van der Waals surface area (Å²) in [5, 5.41) is 6.03. The van der Waals surface area contributed by atoms with Crippen molar-refractivity contribution >= 4 is 28.5 Å². The first-order valence-corrected chi connectivity index (χ1v) is 11.0. The van der Waals surface area contributed by atoms with Gasteiger partial charge in [0, 0.05) is 11.3 Å². The Balaban J connectivity index is 1.60. The molecule has 1 atom stereocenters. The zero-order valence-electron chi connectivity index (χ0n) is 19.3. The van der Waals surface area contributed by atoms with Gasteiger partial charge in [0.1, 0.15) is 12.4 Å². The Hall–Kier alpha value is -3.93. The summed E-state index contributed by atoms with van der Waals surface area (Å²) in [5.74, 6) is 0.314. The van der Waals surface area contributed by atoms with Gasteiger partial charge in [-0.3, -0.25) is 9.59 Å². The highest BCUT2D eigenvalue weighted by Crippen LogP contribution is 2.22. The highest BCUT2D eigenvalue weighted by atomic mass is 16.2. The number of para-hydroxylation sites is 2. The highest BCUT2D eigenvalue weighted by molar-refractivity contribution is 5.96. The Bertz CT molecular complexity index is 1320. The number of hydrogen-bond acceptors (Lipinski definition) is 3. The average Bonchev–Trinajstić information content (AvgIpc) is 3.11. The predicted molar refractivity (Wildman–Crippen MR) is 131 cm³/mol. The first kappa shape index (κ1) is 22.3. The summed E-state index contributed by atoms with van der Waals surface area (Å²) in [6, 6.07) is 20.7. The SMILES string of the molecule is Cc1cc(C)cc(NC(=O)Cn2c(C(C)NC(=O)c3ccccc3C)nc3ccccc32)c1. The van der Waals surface area contributed by atoms with Gasteiger partial charge >= 0.3 is 0 Å². The quantitative estimate of drug-likeness (QED) is 0.438. The van der Waals surface area contributed by atoms with Crippen LogP contribution in [0.25, 0.3) is 11.0 Å². The van der Waals surface area contributed by atoms with Crippen molar-refractivity contribution in [3.8, 4) is 0 Å². The van der Waals surface area contributed by atoms with Crippen LogP contribution in [0, 0.1) is 20.8 Å². The first-order valence-electron chi connectivity index (χ1n) is 11.0. The van der Waals surface area contributed by atoms with E-state index in [1.807, 2.05) is 86.9 Å². The molecule has 0 aliphatic heterocycles. The van der Waals surface area contributed by atoms with Gasteiger partial charge in [-0.1, -0.05) is 36.4 Å².